The number of para-hydroxylation sites is 1. The average molecular weight is 431 g/mol. The van der Waals surface area contributed by atoms with Gasteiger partial charge in [0.1, 0.15) is 5.75 Å². The van der Waals surface area contributed by atoms with Gasteiger partial charge in [-0.3, -0.25) is 4.90 Å². The number of likely N-dealkylation sites (N-methyl/N-ethyl adjacent to an activating group) is 1. The van der Waals surface area contributed by atoms with Crippen LogP contribution in [0.25, 0.3) is 22.6 Å². The smallest absolute Gasteiger partial charge is 0.336 e. The summed E-state index contributed by atoms with van der Waals surface area (Å²) < 4.78 is 5.83. The van der Waals surface area contributed by atoms with E-state index in [1.807, 2.05) is 48.5 Å². The first-order valence-corrected chi connectivity index (χ1v) is 11.4. The van der Waals surface area contributed by atoms with Crippen molar-refractivity contribution in [2.24, 2.45) is 0 Å². The first-order valence-electron chi connectivity index (χ1n) is 11.4. The summed E-state index contributed by atoms with van der Waals surface area (Å²) in [4.78, 5) is 19.4. The number of carboxylic acids is 1. The SMILES string of the molecule is CCCCCOc1ccc(/C=C2\CN(CC)Cc3c2nc2ccccc2c3C(=O)O)cc1. The molecule has 0 saturated carbocycles. The van der Waals surface area contributed by atoms with Crippen LogP contribution in [0.2, 0.25) is 0 Å². The first kappa shape index (κ1) is 22.0. The van der Waals surface area contributed by atoms with Crippen molar-refractivity contribution in [3.63, 3.8) is 0 Å². The Balaban J connectivity index is 1.71. The zero-order chi connectivity index (χ0) is 22.5. The Hall–Kier alpha value is -3.18. The van der Waals surface area contributed by atoms with Crippen LogP contribution in [0.5, 0.6) is 5.75 Å². The molecule has 1 N–H and O–H groups in total. The second kappa shape index (κ2) is 9.96. The Bertz CT molecular complexity index is 1140. The van der Waals surface area contributed by atoms with Gasteiger partial charge in [0, 0.05) is 24.0 Å². The van der Waals surface area contributed by atoms with E-state index in [0.29, 0.717) is 17.5 Å². The lowest BCUT2D eigenvalue weighted by Crippen LogP contribution is -2.31. The molecule has 3 aromatic rings. The highest BCUT2D eigenvalue weighted by atomic mass is 16.5. The molecule has 1 aliphatic rings. The second-order valence-corrected chi connectivity index (χ2v) is 8.23. The van der Waals surface area contributed by atoms with E-state index in [4.69, 9.17) is 9.72 Å². The van der Waals surface area contributed by atoms with Gasteiger partial charge in [0.2, 0.25) is 0 Å². The number of carboxylic acid groups (broad SMARTS) is 1. The van der Waals surface area contributed by atoms with E-state index in [1.54, 1.807) is 0 Å². The summed E-state index contributed by atoms with van der Waals surface area (Å²) in [6, 6.07) is 15.6. The molecule has 0 amide bonds. The van der Waals surface area contributed by atoms with Crippen molar-refractivity contribution >= 4 is 28.5 Å². The minimum absolute atomic E-state index is 0.366. The number of pyridine rings is 1. The molecule has 0 unspecified atom stereocenters. The number of hydrogen-bond acceptors (Lipinski definition) is 4. The third-order valence-corrected chi connectivity index (χ3v) is 5.97. The Labute approximate surface area is 189 Å². The molecule has 0 saturated heterocycles. The molecule has 0 aliphatic carbocycles. The largest absolute Gasteiger partial charge is 0.494 e. The molecule has 5 heteroatoms. The van der Waals surface area contributed by atoms with Crippen molar-refractivity contribution in [1.82, 2.24) is 9.88 Å². The van der Waals surface area contributed by atoms with Crippen molar-refractivity contribution in [1.29, 1.82) is 0 Å². The predicted octanol–water partition coefficient (Wildman–Crippen LogP) is 5.88. The Morgan fingerprint density at radius 3 is 2.59 bits per heavy atom. The number of benzene rings is 2. The lowest BCUT2D eigenvalue weighted by atomic mass is 9.92. The van der Waals surface area contributed by atoms with Crippen LogP contribution in [0.4, 0.5) is 0 Å². The van der Waals surface area contributed by atoms with Crippen molar-refractivity contribution in [3.05, 3.63) is 70.9 Å². The van der Waals surface area contributed by atoms with E-state index in [1.165, 1.54) is 12.8 Å². The van der Waals surface area contributed by atoms with E-state index < -0.39 is 5.97 Å². The number of aromatic nitrogens is 1. The zero-order valence-corrected chi connectivity index (χ0v) is 18.8. The number of rotatable bonds is 8. The van der Waals surface area contributed by atoms with Gasteiger partial charge in [-0.2, -0.15) is 0 Å². The number of nitrogens with zero attached hydrogens (tertiary/aromatic N) is 2. The van der Waals surface area contributed by atoms with Crippen molar-refractivity contribution in [2.75, 3.05) is 19.7 Å². The highest BCUT2D eigenvalue weighted by molar-refractivity contribution is 6.06. The fraction of sp³-hybridized carbons (Fsp3) is 0.333. The van der Waals surface area contributed by atoms with E-state index in [2.05, 4.69) is 24.8 Å². The van der Waals surface area contributed by atoms with Gasteiger partial charge in [-0.05, 0) is 48.4 Å². The summed E-state index contributed by atoms with van der Waals surface area (Å²) in [5.41, 5.74) is 4.77. The molecule has 4 rings (SSSR count). The molecule has 2 heterocycles. The summed E-state index contributed by atoms with van der Waals surface area (Å²) in [6.45, 7) is 7.19. The van der Waals surface area contributed by atoms with Crippen LogP contribution in [-0.4, -0.2) is 40.7 Å². The van der Waals surface area contributed by atoms with Gasteiger partial charge in [-0.1, -0.05) is 57.0 Å². The molecule has 0 spiro atoms. The summed E-state index contributed by atoms with van der Waals surface area (Å²) in [5.74, 6) is -0.0264. The Kier molecular flexibility index (Phi) is 6.86. The molecule has 166 valence electrons. The molecule has 0 fully saturated rings. The van der Waals surface area contributed by atoms with Crippen molar-refractivity contribution in [3.8, 4) is 5.75 Å². The number of hydrogen-bond donors (Lipinski definition) is 1. The summed E-state index contributed by atoms with van der Waals surface area (Å²) in [7, 11) is 0. The maximum absolute atomic E-state index is 12.2. The van der Waals surface area contributed by atoms with Gasteiger partial charge >= 0.3 is 5.97 Å². The molecular weight excluding hydrogens is 400 g/mol. The topological polar surface area (TPSA) is 62.7 Å². The fourth-order valence-electron chi connectivity index (χ4n) is 4.25. The van der Waals surface area contributed by atoms with Crippen molar-refractivity contribution in [2.45, 2.75) is 39.7 Å². The third-order valence-electron chi connectivity index (χ3n) is 5.97. The molecular formula is C27H30N2O3. The van der Waals surface area contributed by atoms with Gasteiger partial charge in [0.15, 0.2) is 0 Å². The quantitative estimate of drug-likeness (QED) is 0.452. The second-order valence-electron chi connectivity index (χ2n) is 8.23. The Morgan fingerprint density at radius 1 is 1.09 bits per heavy atom. The number of fused-ring (bicyclic) bond motifs is 2. The summed E-state index contributed by atoms with van der Waals surface area (Å²) >= 11 is 0. The molecule has 0 radical (unpaired) electrons. The zero-order valence-electron chi connectivity index (χ0n) is 18.8. The standard InChI is InChI=1S/C27H30N2O3/c1-3-5-8-15-32-21-13-11-19(12-14-21)16-20-17-29(4-2)18-23-25(27(30)31)22-9-6-7-10-24(22)28-26(20)23/h6-7,9-14,16H,3-5,8,15,17-18H2,1-2H3,(H,30,31)/b20-16+. The lowest BCUT2D eigenvalue weighted by Gasteiger charge is -2.30. The molecule has 32 heavy (non-hydrogen) atoms. The van der Waals surface area contributed by atoms with Crippen LogP contribution in [-0.2, 0) is 6.54 Å². The highest BCUT2D eigenvalue weighted by Crippen LogP contribution is 2.34. The minimum Gasteiger partial charge on any atom is -0.494 e. The number of carbonyl (C=O) groups is 1. The first-order chi connectivity index (χ1) is 15.6. The average Bonchev–Trinajstić information content (AvgIpc) is 2.81. The van der Waals surface area contributed by atoms with Gasteiger partial charge < -0.3 is 9.84 Å². The molecule has 1 aliphatic heterocycles. The van der Waals surface area contributed by atoms with E-state index in [-0.39, 0.29) is 0 Å². The van der Waals surface area contributed by atoms with E-state index in [0.717, 1.165) is 59.8 Å². The highest BCUT2D eigenvalue weighted by Gasteiger charge is 2.27. The summed E-state index contributed by atoms with van der Waals surface area (Å²) in [5, 5.41) is 10.7. The van der Waals surface area contributed by atoms with Crippen LogP contribution in [0.3, 0.4) is 0 Å². The van der Waals surface area contributed by atoms with Gasteiger partial charge in [-0.15, -0.1) is 0 Å². The minimum atomic E-state index is -0.901. The predicted molar refractivity (Wildman–Crippen MR) is 129 cm³/mol. The van der Waals surface area contributed by atoms with Gasteiger partial charge in [0.25, 0.3) is 0 Å². The normalized spacial score (nSPS) is 15.1. The number of aromatic carboxylic acids is 1. The van der Waals surface area contributed by atoms with Crippen LogP contribution in [0, 0.1) is 0 Å². The van der Waals surface area contributed by atoms with Crippen LogP contribution >= 0.6 is 0 Å². The Morgan fingerprint density at radius 2 is 1.88 bits per heavy atom. The third kappa shape index (κ3) is 4.68. The maximum Gasteiger partial charge on any atom is 0.336 e. The molecule has 0 bridgehead atoms. The van der Waals surface area contributed by atoms with Gasteiger partial charge in [-0.25, -0.2) is 9.78 Å². The van der Waals surface area contributed by atoms with E-state index in [9.17, 15) is 9.90 Å². The maximum atomic E-state index is 12.2. The van der Waals surface area contributed by atoms with Crippen LogP contribution < -0.4 is 4.74 Å². The van der Waals surface area contributed by atoms with E-state index >= 15 is 0 Å². The molecule has 0 atom stereocenters. The number of ether oxygens (including phenoxy) is 1. The lowest BCUT2D eigenvalue weighted by molar-refractivity contribution is 0.0696. The fourth-order valence-corrected chi connectivity index (χ4v) is 4.25. The van der Waals surface area contributed by atoms with Crippen LogP contribution in [0.1, 0.15) is 60.3 Å². The number of unbranched alkanes of at least 4 members (excludes halogenated alkanes) is 2. The molecule has 2 aromatic carbocycles. The monoisotopic (exact) mass is 430 g/mol. The van der Waals surface area contributed by atoms with Gasteiger partial charge in [0.05, 0.1) is 23.4 Å². The molecule has 5 nitrogen and oxygen atoms in total. The molecule has 1 aromatic heterocycles. The van der Waals surface area contributed by atoms with Crippen LogP contribution in [0.15, 0.2) is 48.5 Å². The summed E-state index contributed by atoms with van der Waals surface area (Å²) in [6.07, 6.45) is 5.54. The van der Waals surface area contributed by atoms with Crippen molar-refractivity contribution < 1.29 is 14.6 Å².